The van der Waals surface area contributed by atoms with Crippen molar-refractivity contribution >= 4 is 6.09 Å². The van der Waals surface area contributed by atoms with Crippen LogP contribution in [0.4, 0.5) is 4.79 Å². The quantitative estimate of drug-likeness (QED) is 0.914. The van der Waals surface area contributed by atoms with Gasteiger partial charge in [-0.25, -0.2) is 9.78 Å². The van der Waals surface area contributed by atoms with Gasteiger partial charge in [-0.2, -0.15) is 0 Å². The maximum absolute atomic E-state index is 11.6. The van der Waals surface area contributed by atoms with E-state index in [0.717, 1.165) is 5.69 Å². The summed E-state index contributed by atoms with van der Waals surface area (Å²) in [5.74, 6) is 0. The van der Waals surface area contributed by atoms with E-state index >= 15 is 0 Å². The Morgan fingerprint density at radius 3 is 2.79 bits per heavy atom. The zero-order valence-electron chi connectivity index (χ0n) is 12.0. The van der Waals surface area contributed by atoms with Crippen LogP contribution in [0.15, 0.2) is 12.5 Å². The highest BCUT2D eigenvalue weighted by atomic mass is 16.6. The van der Waals surface area contributed by atoms with Gasteiger partial charge in [-0.05, 0) is 33.6 Å². The number of amides is 1. The molecule has 1 saturated carbocycles. The summed E-state index contributed by atoms with van der Waals surface area (Å²) >= 11 is 0. The topological polar surface area (TPSA) is 56.1 Å². The molecule has 106 valence electrons. The SMILES string of the molecule is CC(C)(C)OC(=O)NCc1cncn1C1CCCC1. The van der Waals surface area contributed by atoms with Gasteiger partial charge in [0.15, 0.2) is 0 Å². The zero-order valence-corrected chi connectivity index (χ0v) is 12.0. The molecule has 2 rings (SSSR count). The molecule has 1 heterocycles. The molecule has 1 aromatic heterocycles. The van der Waals surface area contributed by atoms with E-state index in [1.807, 2.05) is 33.3 Å². The molecule has 0 bridgehead atoms. The number of hydrogen-bond acceptors (Lipinski definition) is 3. The van der Waals surface area contributed by atoms with Crippen molar-refractivity contribution in [3.63, 3.8) is 0 Å². The lowest BCUT2D eigenvalue weighted by molar-refractivity contribution is 0.0522. The van der Waals surface area contributed by atoms with E-state index in [1.165, 1.54) is 25.7 Å². The molecule has 1 N–H and O–H groups in total. The lowest BCUT2D eigenvalue weighted by Gasteiger charge is -2.20. The van der Waals surface area contributed by atoms with Gasteiger partial charge >= 0.3 is 6.09 Å². The Balaban J connectivity index is 1.89. The molecule has 1 aliphatic rings. The molecule has 0 saturated heterocycles. The van der Waals surface area contributed by atoms with Crippen LogP contribution >= 0.6 is 0 Å². The smallest absolute Gasteiger partial charge is 0.407 e. The van der Waals surface area contributed by atoms with Gasteiger partial charge in [0.1, 0.15) is 5.60 Å². The van der Waals surface area contributed by atoms with E-state index in [4.69, 9.17) is 4.74 Å². The van der Waals surface area contributed by atoms with E-state index in [2.05, 4.69) is 14.9 Å². The number of carbonyl (C=O) groups excluding carboxylic acids is 1. The first kappa shape index (κ1) is 13.9. The van der Waals surface area contributed by atoms with Gasteiger partial charge in [0, 0.05) is 12.2 Å². The second-order valence-corrected chi connectivity index (χ2v) is 6.09. The number of imidazole rings is 1. The first-order valence-electron chi connectivity index (χ1n) is 6.93. The standard InChI is InChI=1S/C14H23N3O2/c1-14(2,3)19-13(18)16-9-12-8-15-10-17(12)11-6-4-5-7-11/h8,10-11H,4-7,9H2,1-3H3,(H,16,18). The molecule has 19 heavy (non-hydrogen) atoms. The number of alkyl carbamates (subject to hydrolysis) is 1. The minimum absolute atomic E-state index is 0.383. The Labute approximate surface area is 114 Å². The van der Waals surface area contributed by atoms with E-state index in [9.17, 15) is 4.79 Å². The van der Waals surface area contributed by atoms with E-state index in [-0.39, 0.29) is 6.09 Å². The van der Waals surface area contributed by atoms with Gasteiger partial charge in [-0.15, -0.1) is 0 Å². The third-order valence-electron chi connectivity index (χ3n) is 3.28. The Morgan fingerprint density at radius 2 is 2.16 bits per heavy atom. The number of nitrogens with one attached hydrogen (secondary N) is 1. The van der Waals surface area contributed by atoms with Crippen LogP contribution in [0.5, 0.6) is 0 Å². The summed E-state index contributed by atoms with van der Waals surface area (Å²) in [4.78, 5) is 15.8. The molecule has 0 aliphatic heterocycles. The summed E-state index contributed by atoms with van der Waals surface area (Å²) in [6, 6.07) is 0.540. The highest BCUT2D eigenvalue weighted by molar-refractivity contribution is 5.67. The predicted octanol–water partition coefficient (Wildman–Crippen LogP) is 3.02. The van der Waals surface area contributed by atoms with Crippen LogP contribution in [0.1, 0.15) is 58.2 Å². The Hall–Kier alpha value is -1.52. The van der Waals surface area contributed by atoms with Crippen molar-refractivity contribution in [2.45, 2.75) is 64.6 Å². The highest BCUT2D eigenvalue weighted by Gasteiger charge is 2.20. The van der Waals surface area contributed by atoms with Gasteiger partial charge in [0.05, 0.1) is 18.6 Å². The van der Waals surface area contributed by atoms with Crippen LogP contribution in [0.25, 0.3) is 0 Å². The maximum Gasteiger partial charge on any atom is 0.407 e. The average Bonchev–Trinajstić information content (AvgIpc) is 2.94. The summed E-state index contributed by atoms with van der Waals surface area (Å²) in [7, 11) is 0. The van der Waals surface area contributed by atoms with Gasteiger partial charge < -0.3 is 14.6 Å². The first-order chi connectivity index (χ1) is 8.96. The average molecular weight is 265 g/mol. The minimum atomic E-state index is -0.463. The molecule has 5 nitrogen and oxygen atoms in total. The van der Waals surface area contributed by atoms with Crippen LogP contribution in [0, 0.1) is 0 Å². The van der Waals surface area contributed by atoms with Gasteiger partial charge in [0.2, 0.25) is 0 Å². The van der Waals surface area contributed by atoms with Crippen LogP contribution in [0.3, 0.4) is 0 Å². The lowest BCUT2D eigenvalue weighted by Crippen LogP contribution is -2.32. The van der Waals surface area contributed by atoms with Gasteiger partial charge in [0.25, 0.3) is 0 Å². The Kier molecular flexibility index (Phi) is 4.12. The summed E-state index contributed by atoms with van der Waals surface area (Å²) < 4.78 is 7.41. The van der Waals surface area contributed by atoms with Crippen LogP contribution in [-0.4, -0.2) is 21.2 Å². The summed E-state index contributed by atoms with van der Waals surface area (Å²) in [6.07, 6.45) is 8.26. The molecule has 1 amide bonds. The number of nitrogens with zero attached hydrogens (tertiary/aromatic N) is 2. The van der Waals surface area contributed by atoms with E-state index < -0.39 is 5.60 Å². The minimum Gasteiger partial charge on any atom is -0.444 e. The van der Waals surface area contributed by atoms with Crippen molar-refractivity contribution in [2.24, 2.45) is 0 Å². The molecule has 0 radical (unpaired) electrons. The molecular weight excluding hydrogens is 242 g/mol. The maximum atomic E-state index is 11.6. The monoisotopic (exact) mass is 265 g/mol. The number of ether oxygens (including phenoxy) is 1. The molecule has 0 unspecified atom stereocenters. The van der Waals surface area contributed by atoms with Crippen LogP contribution in [-0.2, 0) is 11.3 Å². The molecule has 0 aromatic carbocycles. The number of carbonyl (C=O) groups is 1. The zero-order chi connectivity index (χ0) is 13.9. The Bertz CT molecular complexity index is 428. The summed E-state index contributed by atoms with van der Waals surface area (Å²) in [5, 5.41) is 2.78. The predicted molar refractivity (Wildman–Crippen MR) is 72.8 cm³/mol. The molecule has 1 aliphatic carbocycles. The molecule has 5 heteroatoms. The van der Waals surface area contributed by atoms with Crippen molar-refractivity contribution < 1.29 is 9.53 Å². The number of hydrogen-bond donors (Lipinski definition) is 1. The van der Waals surface area contributed by atoms with Gasteiger partial charge in [-0.3, -0.25) is 0 Å². The van der Waals surface area contributed by atoms with Crippen molar-refractivity contribution in [3.05, 3.63) is 18.2 Å². The number of rotatable bonds is 3. The summed E-state index contributed by atoms with van der Waals surface area (Å²) in [5.41, 5.74) is 0.577. The third-order valence-corrected chi connectivity index (χ3v) is 3.28. The van der Waals surface area contributed by atoms with E-state index in [1.54, 1.807) is 0 Å². The molecule has 1 aromatic rings. The molecule has 0 atom stereocenters. The van der Waals surface area contributed by atoms with Crippen molar-refractivity contribution in [1.29, 1.82) is 0 Å². The third kappa shape index (κ3) is 3.98. The van der Waals surface area contributed by atoms with Crippen molar-refractivity contribution in [2.75, 3.05) is 0 Å². The highest BCUT2D eigenvalue weighted by Crippen LogP contribution is 2.30. The molecule has 1 fully saturated rings. The Morgan fingerprint density at radius 1 is 1.47 bits per heavy atom. The van der Waals surface area contributed by atoms with Crippen molar-refractivity contribution in [1.82, 2.24) is 14.9 Å². The van der Waals surface area contributed by atoms with E-state index in [0.29, 0.717) is 12.6 Å². The fourth-order valence-corrected chi connectivity index (χ4v) is 2.46. The largest absolute Gasteiger partial charge is 0.444 e. The molecule has 0 spiro atoms. The fourth-order valence-electron chi connectivity index (χ4n) is 2.46. The van der Waals surface area contributed by atoms with Crippen LogP contribution < -0.4 is 5.32 Å². The number of aromatic nitrogens is 2. The summed E-state index contributed by atoms with van der Waals surface area (Å²) in [6.45, 7) is 6.03. The second-order valence-electron chi connectivity index (χ2n) is 6.09. The fraction of sp³-hybridized carbons (Fsp3) is 0.714. The molecular formula is C14H23N3O2. The lowest BCUT2D eigenvalue weighted by atomic mass is 10.2. The second kappa shape index (κ2) is 5.63. The normalized spacial score (nSPS) is 16.6. The van der Waals surface area contributed by atoms with Gasteiger partial charge in [-0.1, -0.05) is 12.8 Å². The van der Waals surface area contributed by atoms with Crippen molar-refractivity contribution in [3.8, 4) is 0 Å². The van der Waals surface area contributed by atoms with Crippen LogP contribution in [0.2, 0.25) is 0 Å². The first-order valence-corrected chi connectivity index (χ1v) is 6.93.